The third-order valence-corrected chi connectivity index (χ3v) is 3.41. The fraction of sp³-hybridized carbons (Fsp3) is 0.556. The van der Waals surface area contributed by atoms with Crippen LogP contribution in [-0.4, -0.2) is 31.2 Å². The Morgan fingerprint density at radius 1 is 1.73 bits per heavy atom. The van der Waals surface area contributed by atoms with E-state index in [1.54, 1.807) is 6.92 Å². The van der Waals surface area contributed by atoms with Crippen LogP contribution >= 0.6 is 27.3 Å². The van der Waals surface area contributed by atoms with Gasteiger partial charge in [-0.3, -0.25) is 4.79 Å². The monoisotopic (exact) mass is 292 g/mol. The van der Waals surface area contributed by atoms with E-state index in [0.29, 0.717) is 19.6 Å². The van der Waals surface area contributed by atoms with Crippen LogP contribution in [0, 0.1) is 0 Å². The van der Waals surface area contributed by atoms with Crippen LogP contribution in [0.25, 0.3) is 0 Å². The Kier molecular flexibility index (Phi) is 5.04. The fourth-order valence-electron chi connectivity index (χ4n) is 1.01. The number of nitrogens with zero attached hydrogens (tertiary/aromatic N) is 2. The van der Waals surface area contributed by atoms with Crippen molar-refractivity contribution in [3.63, 3.8) is 0 Å². The molecule has 0 aromatic carbocycles. The second-order valence-corrected chi connectivity index (χ2v) is 4.58. The molecule has 0 fully saturated rings. The van der Waals surface area contributed by atoms with Gasteiger partial charge in [0.25, 0.3) is 0 Å². The molecule has 1 aromatic heterocycles. The summed E-state index contributed by atoms with van der Waals surface area (Å²) in [7, 11) is 1.91. The molecule has 0 atom stereocenters. The smallest absolute Gasteiger partial charge is 0.307 e. The number of esters is 1. The number of hydrogen-bond donors (Lipinski definition) is 0. The average molecular weight is 293 g/mol. The molecule has 0 aliphatic carbocycles. The largest absolute Gasteiger partial charge is 0.466 e. The van der Waals surface area contributed by atoms with Crippen LogP contribution in [0.4, 0.5) is 5.13 Å². The zero-order valence-electron chi connectivity index (χ0n) is 8.70. The summed E-state index contributed by atoms with van der Waals surface area (Å²) in [5, 5.41) is 2.81. The minimum absolute atomic E-state index is 0.167. The van der Waals surface area contributed by atoms with E-state index in [-0.39, 0.29) is 5.97 Å². The van der Waals surface area contributed by atoms with Crippen molar-refractivity contribution in [2.45, 2.75) is 13.3 Å². The maximum Gasteiger partial charge on any atom is 0.307 e. The van der Waals surface area contributed by atoms with Crippen LogP contribution in [0.1, 0.15) is 13.3 Å². The molecule has 1 heterocycles. The molecule has 0 radical (unpaired) electrons. The normalized spacial score (nSPS) is 10.1. The number of aromatic nitrogens is 1. The molecule has 1 rings (SSSR count). The Morgan fingerprint density at radius 2 is 2.47 bits per heavy atom. The molecular formula is C9H13BrN2O2S. The molecule has 15 heavy (non-hydrogen) atoms. The maximum atomic E-state index is 11.1. The van der Waals surface area contributed by atoms with Crippen molar-refractivity contribution in [1.82, 2.24) is 4.98 Å². The van der Waals surface area contributed by atoms with Crippen molar-refractivity contribution >= 4 is 38.4 Å². The third-order valence-electron chi connectivity index (χ3n) is 1.75. The highest BCUT2D eigenvalue weighted by atomic mass is 79.9. The van der Waals surface area contributed by atoms with Crippen molar-refractivity contribution in [2.24, 2.45) is 0 Å². The standard InChI is InChI=1S/C9H13BrN2O2S/c1-3-14-8(13)4-5-12(2)9-11-7(10)6-15-9/h6H,3-5H2,1-2H3. The van der Waals surface area contributed by atoms with Crippen molar-refractivity contribution in [1.29, 1.82) is 0 Å². The first-order valence-corrected chi connectivity index (χ1v) is 6.28. The summed E-state index contributed by atoms with van der Waals surface area (Å²) in [4.78, 5) is 17.3. The molecule has 0 saturated carbocycles. The first kappa shape index (κ1) is 12.4. The minimum Gasteiger partial charge on any atom is -0.466 e. The van der Waals surface area contributed by atoms with Gasteiger partial charge in [0.1, 0.15) is 4.60 Å². The van der Waals surface area contributed by atoms with Gasteiger partial charge in [0, 0.05) is 19.0 Å². The lowest BCUT2D eigenvalue weighted by Crippen LogP contribution is -2.21. The molecule has 0 aliphatic heterocycles. The average Bonchev–Trinajstić information content (AvgIpc) is 2.62. The van der Waals surface area contributed by atoms with Crippen LogP contribution in [0.15, 0.2) is 9.98 Å². The Hall–Kier alpha value is -0.620. The molecule has 0 unspecified atom stereocenters. The molecule has 0 N–H and O–H groups in total. The minimum atomic E-state index is -0.167. The van der Waals surface area contributed by atoms with E-state index in [9.17, 15) is 4.79 Å². The summed E-state index contributed by atoms with van der Waals surface area (Å²) in [6.45, 7) is 2.86. The van der Waals surface area contributed by atoms with Gasteiger partial charge < -0.3 is 9.64 Å². The molecule has 1 aromatic rings. The van der Waals surface area contributed by atoms with Gasteiger partial charge in [-0.2, -0.15) is 0 Å². The molecule has 0 aliphatic rings. The lowest BCUT2D eigenvalue weighted by atomic mass is 10.4. The number of carbonyl (C=O) groups excluding carboxylic acids is 1. The first-order chi connectivity index (χ1) is 7.13. The van der Waals surface area contributed by atoms with Gasteiger partial charge in [0.05, 0.1) is 13.0 Å². The fourth-order valence-corrected chi connectivity index (χ4v) is 2.25. The molecule has 0 bridgehead atoms. The molecule has 0 spiro atoms. The Bertz CT molecular complexity index is 330. The predicted molar refractivity (Wildman–Crippen MR) is 64.3 cm³/mol. The first-order valence-electron chi connectivity index (χ1n) is 4.61. The highest BCUT2D eigenvalue weighted by Crippen LogP contribution is 2.22. The number of thiazole rings is 1. The predicted octanol–water partition coefficient (Wildman–Crippen LogP) is 2.29. The van der Waals surface area contributed by atoms with Gasteiger partial charge in [-0.1, -0.05) is 0 Å². The van der Waals surface area contributed by atoms with E-state index in [0.717, 1.165) is 9.73 Å². The van der Waals surface area contributed by atoms with Crippen LogP contribution in [0.5, 0.6) is 0 Å². The number of ether oxygens (including phenoxy) is 1. The second kappa shape index (κ2) is 6.07. The van der Waals surface area contributed by atoms with Crippen LogP contribution in [0.2, 0.25) is 0 Å². The van der Waals surface area contributed by atoms with Crippen LogP contribution in [-0.2, 0) is 9.53 Å². The number of carbonyl (C=O) groups is 1. The number of anilines is 1. The second-order valence-electron chi connectivity index (χ2n) is 2.93. The molecule has 84 valence electrons. The molecular weight excluding hydrogens is 280 g/mol. The highest BCUT2D eigenvalue weighted by molar-refractivity contribution is 9.10. The van der Waals surface area contributed by atoms with Gasteiger partial charge >= 0.3 is 5.97 Å². The van der Waals surface area contributed by atoms with Gasteiger partial charge in [0.2, 0.25) is 0 Å². The molecule has 0 amide bonds. The third kappa shape index (κ3) is 4.17. The van der Waals surface area contributed by atoms with E-state index in [4.69, 9.17) is 4.74 Å². The van der Waals surface area contributed by atoms with E-state index in [2.05, 4.69) is 20.9 Å². The van der Waals surface area contributed by atoms with Crippen molar-refractivity contribution in [3.05, 3.63) is 9.98 Å². The van der Waals surface area contributed by atoms with Crippen molar-refractivity contribution in [2.75, 3.05) is 25.1 Å². The maximum absolute atomic E-state index is 11.1. The quantitative estimate of drug-likeness (QED) is 0.781. The Balaban J connectivity index is 2.36. The summed E-state index contributed by atoms with van der Waals surface area (Å²) in [6, 6.07) is 0. The zero-order valence-corrected chi connectivity index (χ0v) is 11.1. The van der Waals surface area contributed by atoms with E-state index >= 15 is 0 Å². The number of rotatable bonds is 5. The summed E-state index contributed by atoms with van der Waals surface area (Å²) in [5.74, 6) is -0.167. The molecule has 0 saturated heterocycles. The van der Waals surface area contributed by atoms with Gasteiger partial charge in [-0.05, 0) is 22.9 Å². The number of hydrogen-bond acceptors (Lipinski definition) is 5. The summed E-state index contributed by atoms with van der Waals surface area (Å²) in [5.41, 5.74) is 0. The van der Waals surface area contributed by atoms with Gasteiger partial charge in [-0.25, -0.2) is 4.98 Å². The van der Waals surface area contributed by atoms with Crippen molar-refractivity contribution < 1.29 is 9.53 Å². The number of halogens is 1. The van der Waals surface area contributed by atoms with Gasteiger partial charge in [-0.15, -0.1) is 11.3 Å². The van der Waals surface area contributed by atoms with E-state index < -0.39 is 0 Å². The van der Waals surface area contributed by atoms with Crippen molar-refractivity contribution in [3.8, 4) is 0 Å². The molecule has 4 nitrogen and oxygen atoms in total. The zero-order chi connectivity index (χ0) is 11.3. The van der Waals surface area contributed by atoms with Crippen LogP contribution < -0.4 is 4.90 Å². The topological polar surface area (TPSA) is 42.4 Å². The summed E-state index contributed by atoms with van der Waals surface area (Å²) >= 11 is 4.82. The van der Waals surface area contributed by atoms with E-state index in [1.807, 2.05) is 17.3 Å². The summed E-state index contributed by atoms with van der Waals surface area (Å²) in [6.07, 6.45) is 0.390. The van der Waals surface area contributed by atoms with E-state index in [1.165, 1.54) is 11.3 Å². The Morgan fingerprint density at radius 3 is 3.00 bits per heavy atom. The van der Waals surface area contributed by atoms with Gasteiger partial charge in [0.15, 0.2) is 5.13 Å². The lowest BCUT2D eigenvalue weighted by molar-refractivity contribution is -0.142. The summed E-state index contributed by atoms with van der Waals surface area (Å²) < 4.78 is 5.67. The SMILES string of the molecule is CCOC(=O)CCN(C)c1nc(Br)cs1. The highest BCUT2D eigenvalue weighted by Gasteiger charge is 2.08. The lowest BCUT2D eigenvalue weighted by Gasteiger charge is -2.14. The van der Waals surface area contributed by atoms with Crippen LogP contribution in [0.3, 0.4) is 0 Å². The molecule has 6 heteroatoms. The Labute approximate surface area is 101 Å².